The average Bonchev–Trinajstić information content (AvgIpc) is 2.04. The van der Waals surface area contributed by atoms with Gasteiger partial charge in [-0.3, -0.25) is 4.79 Å². The summed E-state index contributed by atoms with van der Waals surface area (Å²) in [5.41, 5.74) is 1.61. The first kappa shape index (κ1) is 7.35. The van der Waals surface area contributed by atoms with E-state index < -0.39 is 0 Å². The fourth-order valence-electron chi connectivity index (χ4n) is 1.41. The molecule has 2 nitrogen and oxygen atoms in total. The lowest BCUT2D eigenvalue weighted by atomic mass is 9.91. The Morgan fingerprint density at radius 1 is 1.42 bits per heavy atom. The highest BCUT2D eigenvalue weighted by Crippen LogP contribution is 2.23. The maximum Gasteiger partial charge on any atom is 0.171 e. The van der Waals surface area contributed by atoms with Crippen LogP contribution in [-0.2, 0) is 6.42 Å². The lowest BCUT2D eigenvalue weighted by Crippen LogP contribution is -2.10. The van der Waals surface area contributed by atoms with E-state index in [1.165, 1.54) is 6.07 Å². The lowest BCUT2D eigenvalue weighted by Gasteiger charge is -2.13. The summed E-state index contributed by atoms with van der Waals surface area (Å²) in [7, 11) is 0. The van der Waals surface area contributed by atoms with Gasteiger partial charge < -0.3 is 5.11 Å². The molecule has 0 heterocycles. The van der Waals surface area contributed by atoms with Crippen LogP contribution in [0.1, 0.15) is 22.3 Å². The van der Waals surface area contributed by atoms with Crippen LogP contribution in [-0.4, -0.2) is 10.9 Å². The Morgan fingerprint density at radius 3 is 3.08 bits per heavy atom. The van der Waals surface area contributed by atoms with E-state index in [-0.39, 0.29) is 11.5 Å². The average molecular weight is 160 g/mol. The van der Waals surface area contributed by atoms with Gasteiger partial charge in [-0.25, -0.2) is 0 Å². The molecule has 1 aliphatic rings. The van der Waals surface area contributed by atoms with Crippen molar-refractivity contribution in [3.63, 3.8) is 0 Å². The lowest BCUT2D eigenvalue weighted by molar-refractivity contribution is 0.102. The normalized spacial score (nSPS) is 15.8. The van der Waals surface area contributed by atoms with Gasteiger partial charge in [-0.05, 0) is 36.6 Å². The van der Waals surface area contributed by atoms with E-state index in [2.05, 4.69) is 6.42 Å². The number of hydrogen-bond donors (Lipinski definition) is 1. The zero-order valence-corrected chi connectivity index (χ0v) is 6.50. The summed E-state index contributed by atoms with van der Waals surface area (Å²) < 4.78 is 0. The first-order valence-corrected chi connectivity index (χ1v) is 3.87. The molecule has 0 fully saturated rings. The van der Waals surface area contributed by atoms with Crippen molar-refractivity contribution in [2.45, 2.75) is 12.8 Å². The third kappa shape index (κ3) is 1.09. The molecule has 1 aliphatic carbocycles. The third-order valence-electron chi connectivity index (χ3n) is 2.01. The highest BCUT2D eigenvalue weighted by Gasteiger charge is 2.17. The Labute approximate surface area is 70.8 Å². The summed E-state index contributed by atoms with van der Waals surface area (Å²) in [5, 5.41) is 9.14. The number of carbonyl (C=O) groups is 1. The van der Waals surface area contributed by atoms with E-state index in [0.717, 1.165) is 12.0 Å². The first-order valence-electron chi connectivity index (χ1n) is 3.87. The van der Waals surface area contributed by atoms with Gasteiger partial charge in [0.1, 0.15) is 5.75 Å². The maximum atomic E-state index is 11.2. The van der Waals surface area contributed by atoms with Crippen molar-refractivity contribution in [3.05, 3.63) is 35.7 Å². The molecule has 0 saturated heterocycles. The smallest absolute Gasteiger partial charge is 0.171 e. The standard InChI is InChI=1S/C10H8O2/c11-8-4-5-9-7(6-8)2-1-3-10(9)12/h4-6,11H,1-2H2. The summed E-state index contributed by atoms with van der Waals surface area (Å²) in [5.74, 6) is 0.180. The highest BCUT2D eigenvalue weighted by molar-refractivity contribution is 6.04. The van der Waals surface area contributed by atoms with Crippen LogP contribution in [0.5, 0.6) is 5.75 Å². The summed E-state index contributed by atoms with van der Waals surface area (Å²) in [6.45, 7) is 0. The molecule has 0 bridgehead atoms. The van der Waals surface area contributed by atoms with Gasteiger partial charge in [-0.15, -0.1) is 0 Å². The zero-order chi connectivity index (χ0) is 8.55. The number of fused-ring (bicyclic) bond motifs is 1. The van der Waals surface area contributed by atoms with Gasteiger partial charge in [0.15, 0.2) is 5.78 Å². The number of Topliss-reactive ketones (excluding diaryl/α,β-unsaturated/α-hetero) is 1. The number of aromatic hydroxyl groups is 1. The predicted octanol–water partition coefficient (Wildman–Crippen LogP) is 1.60. The molecule has 12 heavy (non-hydrogen) atoms. The molecule has 2 heteroatoms. The summed E-state index contributed by atoms with van der Waals surface area (Å²) in [6.07, 6.45) is 4.20. The number of benzene rings is 1. The van der Waals surface area contributed by atoms with Gasteiger partial charge in [-0.2, -0.15) is 0 Å². The molecule has 0 unspecified atom stereocenters. The summed E-state index contributed by atoms with van der Waals surface area (Å²) in [4.78, 5) is 11.2. The third-order valence-corrected chi connectivity index (χ3v) is 2.01. The number of aryl methyl sites for hydroxylation is 1. The molecule has 0 aliphatic heterocycles. The van der Waals surface area contributed by atoms with Crippen LogP contribution in [0.2, 0.25) is 0 Å². The van der Waals surface area contributed by atoms with Crippen LogP contribution >= 0.6 is 0 Å². The topological polar surface area (TPSA) is 37.3 Å². The van der Waals surface area contributed by atoms with Crippen molar-refractivity contribution >= 4 is 5.78 Å². The zero-order valence-electron chi connectivity index (χ0n) is 6.50. The minimum absolute atomic E-state index is 0.0451. The van der Waals surface area contributed by atoms with Gasteiger partial charge in [-0.1, -0.05) is 0 Å². The number of carbonyl (C=O) groups excluding carboxylic acids is 1. The van der Waals surface area contributed by atoms with Crippen LogP contribution in [0, 0.1) is 6.42 Å². The Bertz CT molecular complexity index is 329. The molecule has 0 spiro atoms. The first-order chi connectivity index (χ1) is 5.77. The molecule has 0 aromatic heterocycles. The van der Waals surface area contributed by atoms with Gasteiger partial charge in [0.05, 0.1) is 6.42 Å². The fraction of sp³-hybridized carbons (Fsp3) is 0.200. The van der Waals surface area contributed by atoms with Gasteiger partial charge in [0.25, 0.3) is 0 Å². The van der Waals surface area contributed by atoms with E-state index in [1.54, 1.807) is 12.1 Å². The van der Waals surface area contributed by atoms with Crippen molar-refractivity contribution in [2.75, 3.05) is 0 Å². The van der Waals surface area contributed by atoms with Crippen molar-refractivity contribution in [1.82, 2.24) is 0 Å². The molecular weight excluding hydrogens is 152 g/mol. The second kappa shape index (κ2) is 2.63. The van der Waals surface area contributed by atoms with Crippen LogP contribution in [0.3, 0.4) is 0 Å². The Balaban J connectivity index is 2.53. The van der Waals surface area contributed by atoms with Gasteiger partial charge in [0.2, 0.25) is 0 Å². The maximum absolute atomic E-state index is 11.2. The monoisotopic (exact) mass is 160 g/mol. The van der Waals surface area contributed by atoms with Gasteiger partial charge >= 0.3 is 0 Å². The molecule has 60 valence electrons. The van der Waals surface area contributed by atoms with Crippen LogP contribution in [0.25, 0.3) is 0 Å². The predicted molar refractivity (Wildman–Crippen MR) is 44.0 cm³/mol. The number of hydrogen-bond acceptors (Lipinski definition) is 2. The van der Waals surface area contributed by atoms with Crippen LogP contribution in [0.15, 0.2) is 18.2 Å². The van der Waals surface area contributed by atoms with E-state index >= 15 is 0 Å². The molecule has 0 amide bonds. The molecule has 1 N–H and O–H groups in total. The van der Waals surface area contributed by atoms with Crippen LogP contribution < -0.4 is 0 Å². The molecule has 1 aromatic carbocycles. The van der Waals surface area contributed by atoms with E-state index in [1.807, 2.05) is 0 Å². The Hall–Kier alpha value is -1.31. The quantitative estimate of drug-likeness (QED) is 0.626. The van der Waals surface area contributed by atoms with Crippen molar-refractivity contribution in [2.24, 2.45) is 0 Å². The van der Waals surface area contributed by atoms with Crippen molar-refractivity contribution in [3.8, 4) is 5.75 Å². The number of phenols is 1. The van der Waals surface area contributed by atoms with Crippen LogP contribution in [0.4, 0.5) is 0 Å². The second-order valence-corrected chi connectivity index (χ2v) is 2.85. The Kier molecular flexibility index (Phi) is 1.61. The largest absolute Gasteiger partial charge is 0.508 e. The minimum Gasteiger partial charge on any atom is -0.508 e. The molecule has 0 atom stereocenters. The molecule has 0 saturated carbocycles. The molecule has 2 radical (unpaired) electrons. The van der Waals surface area contributed by atoms with Crippen molar-refractivity contribution < 1.29 is 9.90 Å². The summed E-state index contributed by atoms with van der Waals surface area (Å²) in [6, 6.07) is 4.83. The SMILES string of the molecule is O=C1[C]CCc2cc(O)ccc21. The van der Waals surface area contributed by atoms with E-state index in [0.29, 0.717) is 12.0 Å². The number of phenolic OH excluding ortho intramolecular Hbond substituents is 1. The van der Waals surface area contributed by atoms with Gasteiger partial charge in [0, 0.05) is 5.56 Å². The molecule has 1 aromatic rings. The van der Waals surface area contributed by atoms with Crippen molar-refractivity contribution in [1.29, 1.82) is 0 Å². The van der Waals surface area contributed by atoms with E-state index in [9.17, 15) is 4.79 Å². The Morgan fingerprint density at radius 2 is 2.25 bits per heavy atom. The number of ketones is 1. The molecule has 2 rings (SSSR count). The molecular formula is C10H8O2. The fourth-order valence-corrected chi connectivity index (χ4v) is 1.41. The number of rotatable bonds is 0. The second-order valence-electron chi connectivity index (χ2n) is 2.85. The van der Waals surface area contributed by atoms with E-state index in [4.69, 9.17) is 5.11 Å². The highest BCUT2D eigenvalue weighted by atomic mass is 16.3. The summed E-state index contributed by atoms with van der Waals surface area (Å²) >= 11 is 0. The minimum atomic E-state index is -0.0451.